The number of aryl methyl sites for hydroxylation is 1. The Hall–Kier alpha value is -1.40. The van der Waals surface area contributed by atoms with Crippen molar-refractivity contribution in [1.82, 2.24) is 15.0 Å². The fourth-order valence-corrected chi connectivity index (χ4v) is 3.76. The van der Waals surface area contributed by atoms with Crippen molar-refractivity contribution in [1.29, 1.82) is 0 Å². The summed E-state index contributed by atoms with van der Waals surface area (Å²) in [6.45, 7) is 7.41. The predicted octanol–water partition coefficient (Wildman–Crippen LogP) is 1.56. The molecule has 6 nitrogen and oxygen atoms in total. The topological polar surface area (TPSA) is 58.8 Å². The van der Waals surface area contributed by atoms with E-state index in [9.17, 15) is 4.79 Å². The predicted molar refractivity (Wildman–Crippen MR) is 84.2 cm³/mol. The molecule has 3 aliphatic rings. The largest absolute Gasteiger partial charge is 0.375 e. The van der Waals surface area contributed by atoms with Crippen molar-refractivity contribution < 1.29 is 14.1 Å². The van der Waals surface area contributed by atoms with Crippen molar-refractivity contribution in [2.24, 2.45) is 11.8 Å². The zero-order chi connectivity index (χ0) is 15.8. The van der Waals surface area contributed by atoms with Gasteiger partial charge in [-0.2, -0.15) is 0 Å². The molecule has 2 atom stereocenters. The zero-order valence-electron chi connectivity index (χ0n) is 13.7. The minimum atomic E-state index is -0.0389. The average molecular weight is 319 g/mol. The molecule has 126 valence electrons. The van der Waals surface area contributed by atoms with Crippen molar-refractivity contribution in [3.8, 4) is 0 Å². The number of piperidine rings is 1. The first-order valence-electron chi connectivity index (χ1n) is 8.75. The van der Waals surface area contributed by atoms with Gasteiger partial charge in [0.25, 0.3) is 5.91 Å². The number of carbonyl (C=O) groups excluding carboxylic acids is 1. The second-order valence-electron chi connectivity index (χ2n) is 7.23. The Morgan fingerprint density at radius 2 is 2.17 bits per heavy atom. The molecule has 1 aliphatic carbocycles. The lowest BCUT2D eigenvalue weighted by molar-refractivity contribution is -0.0173. The summed E-state index contributed by atoms with van der Waals surface area (Å²) in [6.07, 6.45) is 3.95. The summed E-state index contributed by atoms with van der Waals surface area (Å²) < 4.78 is 11.1. The van der Waals surface area contributed by atoms with Crippen LogP contribution in [0.15, 0.2) is 10.6 Å². The minimum absolute atomic E-state index is 0.0389. The van der Waals surface area contributed by atoms with E-state index in [1.54, 1.807) is 13.0 Å². The Balaban J connectivity index is 1.38. The molecule has 0 aromatic carbocycles. The van der Waals surface area contributed by atoms with Gasteiger partial charge < -0.3 is 19.1 Å². The molecular formula is C17H25N3O3. The van der Waals surface area contributed by atoms with E-state index in [2.05, 4.69) is 10.1 Å². The summed E-state index contributed by atoms with van der Waals surface area (Å²) in [5, 5.41) is 3.85. The van der Waals surface area contributed by atoms with E-state index < -0.39 is 0 Å². The van der Waals surface area contributed by atoms with Gasteiger partial charge in [0.1, 0.15) is 5.76 Å². The molecule has 0 radical (unpaired) electrons. The first-order valence-corrected chi connectivity index (χ1v) is 8.75. The molecular weight excluding hydrogens is 294 g/mol. The first kappa shape index (κ1) is 15.1. The van der Waals surface area contributed by atoms with Crippen LogP contribution >= 0.6 is 0 Å². The molecule has 4 rings (SSSR count). The van der Waals surface area contributed by atoms with Gasteiger partial charge in [0.05, 0.1) is 12.7 Å². The summed E-state index contributed by atoms with van der Waals surface area (Å²) >= 11 is 0. The van der Waals surface area contributed by atoms with Gasteiger partial charge in [0.2, 0.25) is 0 Å². The molecule has 3 heterocycles. The quantitative estimate of drug-likeness (QED) is 0.846. The van der Waals surface area contributed by atoms with Gasteiger partial charge in [-0.1, -0.05) is 5.16 Å². The molecule has 0 spiro atoms. The molecule has 23 heavy (non-hydrogen) atoms. The van der Waals surface area contributed by atoms with Crippen molar-refractivity contribution in [2.75, 3.05) is 39.3 Å². The van der Waals surface area contributed by atoms with Crippen LogP contribution in [0.5, 0.6) is 0 Å². The number of fused-ring (bicyclic) bond motifs is 1. The van der Waals surface area contributed by atoms with Gasteiger partial charge >= 0.3 is 0 Å². The number of hydrogen-bond donors (Lipinski definition) is 0. The number of nitrogens with zero attached hydrogens (tertiary/aromatic N) is 3. The van der Waals surface area contributed by atoms with Crippen LogP contribution in [0.1, 0.15) is 35.5 Å². The number of amides is 1. The normalized spacial score (nSPS) is 29.2. The Bertz CT molecular complexity index is 569. The van der Waals surface area contributed by atoms with Crippen LogP contribution in [0, 0.1) is 18.8 Å². The van der Waals surface area contributed by atoms with Gasteiger partial charge in [0.15, 0.2) is 5.69 Å². The van der Waals surface area contributed by atoms with Crippen molar-refractivity contribution in [3.63, 3.8) is 0 Å². The third kappa shape index (κ3) is 3.43. The van der Waals surface area contributed by atoms with Crippen LogP contribution < -0.4 is 0 Å². The smallest absolute Gasteiger partial charge is 0.276 e. The van der Waals surface area contributed by atoms with Crippen LogP contribution in [0.3, 0.4) is 0 Å². The molecule has 0 unspecified atom stereocenters. The maximum absolute atomic E-state index is 12.5. The van der Waals surface area contributed by atoms with E-state index in [0.717, 1.165) is 38.6 Å². The lowest BCUT2D eigenvalue weighted by Crippen LogP contribution is -2.49. The number of carbonyl (C=O) groups is 1. The molecule has 1 amide bonds. The van der Waals surface area contributed by atoms with Crippen LogP contribution in [0.2, 0.25) is 0 Å². The Kier molecular flexibility index (Phi) is 4.11. The van der Waals surface area contributed by atoms with E-state index >= 15 is 0 Å². The number of likely N-dealkylation sites (tertiary alicyclic amines) is 1. The van der Waals surface area contributed by atoms with Crippen LogP contribution in [0.4, 0.5) is 0 Å². The van der Waals surface area contributed by atoms with Gasteiger partial charge in [0, 0.05) is 44.7 Å². The highest BCUT2D eigenvalue weighted by atomic mass is 16.5. The maximum atomic E-state index is 12.5. The molecule has 3 fully saturated rings. The van der Waals surface area contributed by atoms with Crippen LogP contribution in [-0.4, -0.2) is 66.3 Å². The SMILES string of the molecule is Cc1cc(C(=O)N2CC[C@H]3CN(CC4CC4)CCO[C@H]3C2)no1. The van der Waals surface area contributed by atoms with Gasteiger partial charge in [-0.3, -0.25) is 4.79 Å². The fourth-order valence-electron chi connectivity index (χ4n) is 3.76. The number of hydrogen-bond acceptors (Lipinski definition) is 5. The number of ether oxygens (including phenoxy) is 1. The minimum Gasteiger partial charge on any atom is -0.375 e. The molecule has 0 N–H and O–H groups in total. The summed E-state index contributed by atoms with van der Waals surface area (Å²) in [5.74, 6) is 2.09. The molecule has 6 heteroatoms. The standard InChI is InChI=1S/C17H25N3O3/c1-12-8-15(18-23-12)17(21)20-5-4-14-10-19(9-13-2-3-13)6-7-22-16(14)11-20/h8,13-14,16H,2-7,9-11H2,1H3/t14-,16-/m0/s1. The molecule has 1 aromatic rings. The molecule has 0 bridgehead atoms. The first-order chi connectivity index (χ1) is 11.2. The highest BCUT2D eigenvalue weighted by Gasteiger charge is 2.36. The monoisotopic (exact) mass is 319 g/mol. The highest BCUT2D eigenvalue weighted by Crippen LogP contribution is 2.32. The lowest BCUT2D eigenvalue weighted by atomic mass is 9.93. The van der Waals surface area contributed by atoms with Crippen molar-refractivity contribution in [3.05, 3.63) is 17.5 Å². The molecule has 2 aliphatic heterocycles. The van der Waals surface area contributed by atoms with Crippen molar-refractivity contribution in [2.45, 2.75) is 32.3 Å². The van der Waals surface area contributed by atoms with E-state index in [1.807, 2.05) is 4.90 Å². The third-order valence-corrected chi connectivity index (χ3v) is 5.28. The number of aromatic nitrogens is 1. The maximum Gasteiger partial charge on any atom is 0.276 e. The Morgan fingerprint density at radius 1 is 1.30 bits per heavy atom. The zero-order valence-corrected chi connectivity index (χ0v) is 13.7. The van der Waals surface area contributed by atoms with Gasteiger partial charge in [-0.05, 0) is 32.1 Å². The summed E-state index contributed by atoms with van der Waals surface area (Å²) in [5.41, 5.74) is 0.407. The van der Waals surface area contributed by atoms with E-state index in [1.165, 1.54) is 19.4 Å². The fraction of sp³-hybridized carbons (Fsp3) is 0.765. The van der Waals surface area contributed by atoms with Gasteiger partial charge in [-0.25, -0.2) is 0 Å². The summed E-state index contributed by atoms with van der Waals surface area (Å²) in [6, 6.07) is 1.71. The van der Waals surface area contributed by atoms with E-state index in [4.69, 9.17) is 9.26 Å². The van der Waals surface area contributed by atoms with Crippen LogP contribution in [0.25, 0.3) is 0 Å². The van der Waals surface area contributed by atoms with Crippen LogP contribution in [-0.2, 0) is 4.74 Å². The lowest BCUT2D eigenvalue weighted by Gasteiger charge is -2.37. The third-order valence-electron chi connectivity index (χ3n) is 5.28. The molecule has 1 aromatic heterocycles. The molecule has 2 saturated heterocycles. The molecule has 1 saturated carbocycles. The highest BCUT2D eigenvalue weighted by molar-refractivity contribution is 5.92. The summed E-state index contributed by atoms with van der Waals surface area (Å²) in [4.78, 5) is 17.0. The average Bonchev–Trinajstić information content (AvgIpc) is 3.29. The summed E-state index contributed by atoms with van der Waals surface area (Å²) in [7, 11) is 0. The Morgan fingerprint density at radius 3 is 2.91 bits per heavy atom. The van der Waals surface area contributed by atoms with Crippen molar-refractivity contribution >= 4 is 5.91 Å². The number of rotatable bonds is 3. The van der Waals surface area contributed by atoms with Gasteiger partial charge in [-0.15, -0.1) is 0 Å². The second kappa shape index (κ2) is 6.24. The van der Waals surface area contributed by atoms with E-state index in [0.29, 0.717) is 23.9 Å². The van der Waals surface area contributed by atoms with E-state index in [-0.39, 0.29) is 12.0 Å². The Labute approximate surface area is 136 Å². The second-order valence-corrected chi connectivity index (χ2v) is 7.23.